The van der Waals surface area contributed by atoms with Gasteiger partial charge in [-0.1, -0.05) is 154 Å². The van der Waals surface area contributed by atoms with E-state index in [-0.39, 0.29) is 13.2 Å². The molecule has 0 rings (SSSR count). The van der Waals surface area contributed by atoms with Gasteiger partial charge in [0, 0.05) is 0 Å². The highest BCUT2D eigenvalue weighted by molar-refractivity contribution is 7.86. The number of rotatable bonds is 30. The van der Waals surface area contributed by atoms with E-state index >= 15 is 0 Å². The molecule has 6 nitrogen and oxygen atoms in total. The fourth-order valence-electron chi connectivity index (χ4n) is 5.54. The Morgan fingerprint density at radius 2 is 0.667 bits per heavy atom. The van der Waals surface area contributed by atoms with Gasteiger partial charge in [0.25, 0.3) is 20.2 Å². The highest BCUT2D eigenvalue weighted by Gasteiger charge is 2.32. The van der Waals surface area contributed by atoms with E-state index in [0.29, 0.717) is 0 Å². The van der Waals surface area contributed by atoms with Crippen LogP contribution in [0.4, 0.5) is 0 Å². The summed E-state index contributed by atoms with van der Waals surface area (Å²) in [4.78, 5) is 0. The molecule has 0 aromatic heterocycles. The van der Waals surface area contributed by atoms with Crippen molar-refractivity contribution in [1.82, 2.24) is 0 Å². The summed E-state index contributed by atoms with van der Waals surface area (Å²) < 4.78 is 56.9. The van der Waals surface area contributed by atoms with Crippen molar-refractivity contribution in [2.45, 2.75) is 166 Å². The van der Waals surface area contributed by atoms with Crippen molar-refractivity contribution in [3.63, 3.8) is 0 Å². The van der Waals surface area contributed by atoms with Crippen LogP contribution in [0.25, 0.3) is 0 Å². The van der Waals surface area contributed by atoms with Crippen LogP contribution in [-0.2, 0) is 28.6 Å². The lowest BCUT2D eigenvalue weighted by Gasteiger charge is -2.32. The maximum Gasteiger partial charge on any atom is 0.264 e. The summed E-state index contributed by atoms with van der Waals surface area (Å²) in [6.45, 7) is 4.92. The molecule has 0 saturated carbocycles. The smallest absolute Gasteiger partial charge is 0.264 e. The SMILES string of the molecule is CCCCCCCCCCCC[Si](CCCCCCCCCCCC)(CCOS(C)(=O)=O)CCOS(C)(=O)=O. The Morgan fingerprint density at radius 3 is 0.923 bits per heavy atom. The van der Waals surface area contributed by atoms with Crippen LogP contribution in [0.2, 0.25) is 24.2 Å². The minimum Gasteiger partial charge on any atom is -0.271 e. The van der Waals surface area contributed by atoms with E-state index in [2.05, 4.69) is 13.8 Å². The van der Waals surface area contributed by atoms with E-state index in [1.165, 1.54) is 116 Å². The van der Waals surface area contributed by atoms with Gasteiger partial charge in [-0.25, -0.2) is 0 Å². The lowest BCUT2D eigenvalue weighted by atomic mass is 10.1. The van der Waals surface area contributed by atoms with E-state index < -0.39 is 28.3 Å². The van der Waals surface area contributed by atoms with E-state index in [1.54, 1.807) is 0 Å². The summed E-state index contributed by atoms with van der Waals surface area (Å²) in [6.07, 6.45) is 27.9. The average molecular weight is 613 g/mol. The quantitative estimate of drug-likeness (QED) is 0.0456. The van der Waals surface area contributed by atoms with Crippen LogP contribution in [0.15, 0.2) is 0 Å². The third-order valence-electron chi connectivity index (χ3n) is 7.98. The van der Waals surface area contributed by atoms with Crippen LogP contribution < -0.4 is 0 Å². The highest BCUT2D eigenvalue weighted by Crippen LogP contribution is 2.32. The first-order valence-electron chi connectivity index (χ1n) is 16.2. The van der Waals surface area contributed by atoms with Crippen LogP contribution in [0.1, 0.15) is 142 Å². The summed E-state index contributed by atoms with van der Waals surface area (Å²) >= 11 is 0. The lowest BCUT2D eigenvalue weighted by molar-refractivity contribution is 0.332. The van der Waals surface area contributed by atoms with Crippen molar-refractivity contribution in [2.75, 3.05) is 25.7 Å². The van der Waals surface area contributed by atoms with Gasteiger partial charge in [-0.05, 0) is 12.1 Å². The monoisotopic (exact) mass is 612 g/mol. The maximum absolute atomic E-state index is 11.6. The Morgan fingerprint density at radius 1 is 0.410 bits per heavy atom. The third kappa shape index (κ3) is 28.0. The molecule has 0 atom stereocenters. The zero-order chi connectivity index (χ0) is 29.3. The molecule has 0 unspecified atom stereocenters. The summed E-state index contributed by atoms with van der Waals surface area (Å²) in [6, 6.07) is 3.70. The molecule has 0 aromatic carbocycles. The molecule has 0 aromatic rings. The second kappa shape index (κ2) is 24.6. The first-order valence-corrected chi connectivity index (χ1v) is 22.7. The van der Waals surface area contributed by atoms with Crippen molar-refractivity contribution in [1.29, 1.82) is 0 Å². The minimum absolute atomic E-state index is 0.208. The second-order valence-corrected chi connectivity index (χ2v) is 20.2. The molecule has 0 heterocycles. The van der Waals surface area contributed by atoms with Gasteiger partial charge in [0.2, 0.25) is 0 Å². The Balaban J connectivity index is 4.82. The van der Waals surface area contributed by atoms with Gasteiger partial charge >= 0.3 is 0 Å². The van der Waals surface area contributed by atoms with Gasteiger partial charge in [-0.15, -0.1) is 0 Å². The summed E-state index contributed by atoms with van der Waals surface area (Å²) in [5, 5.41) is 0. The first-order chi connectivity index (χ1) is 18.5. The average Bonchev–Trinajstić information content (AvgIpc) is 2.84. The van der Waals surface area contributed by atoms with Gasteiger partial charge < -0.3 is 0 Å². The van der Waals surface area contributed by atoms with Gasteiger partial charge in [-0.3, -0.25) is 8.37 Å². The predicted molar refractivity (Wildman–Crippen MR) is 170 cm³/mol. The van der Waals surface area contributed by atoms with E-state index in [9.17, 15) is 16.8 Å². The summed E-state index contributed by atoms with van der Waals surface area (Å²) in [5.41, 5.74) is 0. The van der Waals surface area contributed by atoms with Crippen LogP contribution in [0.5, 0.6) is 0 Å². The summed E-state index contributed by atoms with van der Waals surface area (Å²) in [5.74, 6) is 0. The van der Waals surface area contributed by atoms with Crippen molar-refractivity contribution >= 4 is 28.3 Å². The molecule has 0 aliphatic rings. The number of unbranched alkanes of at least 4 members (excludes halogenated alkanes) is 18. The molecule has 0 N–H and O–H groups in total. The van der Waals surface area contributed by atoms with Gasteiger partial charge in [0.1, 0.15) is 0 Å². The zero-order valence-corrected chi connectivity index (χ0v) is 28.8. The lowest BCUT2D eigenvalue weighted by Crippen LogP contribution is -2.37. The number of hydrogen-bond acceptors (Lipinski definition) is 6. The molecule has 0 aliphatic heterocycles. The largest absolute Gasteiger partial charge is 0.271 e. The minimum atomic E-state index is -3.48. The van der Waals surface area contributed by atoms with Crippen LogP contribution >= 0.6 is 0 Å². The standard InChI is InChI=1S/C30H64O6S2Si/c1-5-7-9-11-13-15-17-19-21-23-27-39(29-25-35-37(3,31)32,30-26-36-38(4,33)34)28-24-22-20-18-16-14-12-10-8-6-2/h5-30H2,1-4H3. The van der Waals surface area contributed by atoms with Crippen molar-refractivity contribution in [3.8, 4) is 0 Å². The zero-order valence-electron chi connectivity index (χ0n) is 26.2. The van der Waals surface area contributed by atoms with Crippen molar-refractivity contribution in [3.05, 3.63) is 0 Å². The van der Waals surface area contributed by atoms with Crippen LogP contribution in [-0.4, -0.2) is 50.6 Å². The first kappa shape index (κ1) is 39.0. The van der Waals surface area contributed by atoms with Crippen LogP contribution in [0.3, 0.4) is 0 Å². The van der Waals surface area contributed by atoms with Crippen molar-refractivity contribution in [2.24, 2.45) is 0 Å². The maximum atomic E-state index is 11.6. The topological polar surface area (TPSA) is 86.7 Å². The molecule has 0 saturated heterocycles. The fraction of sp³-hybridized carbons (Fsp3) is 1.00. The third-order valence-corrected chi connectivity index (χ3v) is 14.5. The Bertz CT molecular complexity index is 691. The number of hydrogen-bond donors (Lipinski definition) is 0. The summed E-state index contributed by atoms with van der Waals surface area (Å²) in [7, 11) is -8.92. The second-order valence-electron chi connectivity index (χ2n) is 11.9. The Labute approximate surface area is 245 Å². The molecule has 9 heteroatoms. The molecule has 236 valence electrons. The van der Waals surface area contributed by atoms with Gasteiger partial charge in [-0.2, -0.15) is 16.8 Å². The Hall–Kier alpha value is 0.0369. The van der Waals surface area contributed by atoms with E-state index in [4.69, 9.17) is 8.37 Å². The normalized spacial score (nSPS) is 12.8. The molecular formula is C30H64O6S2Si. The van der Waals surface area contributed by atoms with Crippen LogP contribution in [0, 0.1) is 0 Å². The molecule has 0 radical (unpaired) electrons. The van der Waals surface area contributed by atoms with Gasteiger partial charge in [0.05, 0.1) is 33.8 Å². The van der Waals surface area contributed by atoms with E-state index in [1.807, 2.05) is 0 Å². The molecule has 0 amide bonds. The fourth-order valence-corrected chi connectivity index (χ4v) is 11.2. The molecule has 0 spiro atoms. The van der Waals surface area contributed by atoms with Gasteiger partial charge in [0.15, 0.2) is 0 Å². The molecular weight excluding hydrogens is 549 g/mol. The highest BCUT2D eigenvalue weighted by atomic mass is 32.2. The molecule has 39 heavy (non-hydrogen) atoms. The molecule has 0 aliphatic carbocycles. The van der Waals surface area contributed by atoms with E-state index in [0.717, 1.165) is 49.5 Å². The molecule has 0 fully saturated rings. The molecule has 0 bridgehead atoms. The Kier molecular flexibility index (Phi) is 24.6. The van der Waals surface area contributed by atoms with Crippen molar-refractivity contribution < 1.29 is 25.2 Å². The predicted octanol–water partition coefficient (Wildman–Crippen LogP) is 9.23.